The van der Waals surface area contributed by atoms with Crippen LogP contribution in [0, 0.1) is 0 Å². The molecule has 0 spiro atoms. The van der Waals surface area contributed by atoms with Gasteiger partial charge < -0.3 is 18.8 Å². The van der Waals surface area contributed by atoms with Crippen molar-refractivity contribution < 1.29 is 28.4 Å². The largest absolute Gasteiger partial charge is 0.490 e. The van der Waals surface area contributed by atoms with Crippen molar-refractivity contribution in [2.75, 3.05) is 26.3 Å². The maximum Gasteiger partial charge on any atom is 0.305 e. The Morgan fingerprint density at radius 2 is 1.93 bits per heavy atom. The zero-order chi connectivity index (χ0) is 19.3. The molecule has 1 unspecified atom stereocenters. The summed E-state index contributed by atoms with van der Waals surface area (Å²) in [6, 6.07) is 9.41. The van der Waals surface area contributed by atoms with Gasteiger partial charge in [0.1, 0.15) is 6.04 Å². The van der Waals surface area contributed by atoms with Crippen LogP contribution in [-0.4, -0.2) is 38.1 Å². The van der Waals surface area contributed by atoms with Crippen LogP contribution < -0.4 is 25.2 Å². The van der Waals surface area contributed by atoms with Crippen LogP contribution in [0.15, 0.2) is 41.0 Å². The monoisotopic (exact) mass is 386 g/mol. The van der Waals surface area contributed by atoms with Crippen molar-refractivity contribution in [3.63, 3.8) is 0 Å². The highest BCUT2D eigenvalue weighted by Crippen LogP contribution is 2.33. The number of ether oxygens (including phenoxy) is 2. The van der Waals surface area contributed by atoms with Crippen LogP contribution in [0.25, 0.3) is 0 Å². The Balaban J connectivity index is 1.36. The third-order valence-corrected chi connectivity index (χ3v) is 5.11. The fourth-order valence-corrected chi connectivity index (χ4v) is 3.77. The van der Waals surface area contributed by atoms with Crippen molar-refractivity contribution in [1.29, 1.82) is 0 Å². The predicted molar refractivity (Wildman–Crippen MR) is 99.0 cm³/mol. The summed E-state index contributed by atoms with van der Waals surface area (Å²) in [6.45, 7) is 2.49. The van der Waals surface area contributed by atoms with Crippen LogP contribution in [-0.2, 0) is 4.79 Å². The summed E-state index contributed by atoms with van der Waals surface area (Å²) in [5.41, 5.74) is 5.99. The summed E-state index contributed by atoms with van der Waals surface area (Å²) in [7, 11) is 0. The number of carbonyl (C=O) groups excluding carboxylic acids is 2. The minimum atomic E-state index is -0.478. The standard InChI is InChI=1S/C20H23N3O5/c24-19(21-22-20(25)17-5-2-9-27-17)13-23-8-1-4-15(23)14-6-7-16-18(12-14)28-11-3-10-26-16/h2,5-7,9,12,15H,1,3-4,8,10-11,13H2,(H,21,24)(H,22,25)/p+1/t15-/m0/s1. The van der Waals surface area contributed by atoms with E-state index in [1.807, 2.05) is 12.1 Å². The molecule has 3 N–H and O–H groups in total. The van der Waals surface area contributed by atoms with E-state index in [0.717, 1.165) is 42.9 Å². The van der Waals surface area contributed by atoms with E-state index in [9.17, 15) is 9.59 Å². The third-order valence-electron chi connectivity index (χ3n) is 5.11. The van der Waals surface area contributed by atoms with Gasteiger partial charge in [0, 0.05) is 24.8 Å². The van der Waals surface area contributed by atoms with E-state index in [1.165, 1.54) is 17.2 Å². The molecule has 1 aromatic carbocycles. The summed E-state index contributed by atoms with van der Waals surface area (Å²) in [6.07, 6.45) is 4.32. The molecule has 0 aliphatic carbocycles. The zero-order valence-electron chi connectivity index (χ0n) is 15.5. The van der Waals surface area contributed by atoms with Crippen LogP contribution in [0.5, 0.6) is 11.5 Å². The molecule has 2 atom stereocenters. The zero-order valence-corrected chi connectivity index (χ0v) is 15.5. The first-order chi connectivity index (χ1) is 13.7. The van der Waals surface area contributed by atoms with E-state index in [1.54, 1.807) is 6.07 Å². The van der Waals surface area contributed by atoms with E-state index in [2.05, 4.69) is 16.9 Å². The lowest BCUT2D eigenvalue weighted by molar-refractivity contribution is -0.910. The van der Waals surface area contributed by atoms with Gasteiger partial charge in [-0.15, -0.1) is 0 Å². The number of benzene rings is 1. The molecule has 148 valence electrons. The van der Waals surface area contributed by atoms with Gasteiger partial charge in [-0.1, -0.05) is 0 Å². The highest BCUT2D eigenvalue weighted by Gasteiger charge is 2.32. The van der Waals surface area contributed by atoms with Crippen LogP contribution in [0.1, 0.15) is 41.4 Å². The molecule has 1 saturated heterocycles. The molecule has 8 nitrogen and oxygen atoms in total. The lowest BCUT2D eigenvalue weighted by Gasteiger charge is -2.22. The van der Waals surface area contributed by atoms with E-state index in [-0.39, 0.29) is 24.3 Å². The molecule has 4 rings (SSSR count). The molecule has 28 heavy (non-hydrogen) atoms. The molecule has 2 aliphatic rings. The molecule has 3 heterocycles. The maximum atomic E-state index is 12.3. The molecular weight excluding hydrogens is 362 g/mol. The SMILES string of the molecule is O=C(C[NH+]1CCC[C@H]1c1ccc2c(c1)OCCCO2)NNC(=O)c1ccco1. The fourth-order valence-electron chi connectivity index (χ4n) is 3.77. The molecule has 2 aliphatic heterocycles. The molecule has 0 radical (unpaired) electrons. The van der Waals surface area contributed by atoms with E-state index in [4.69, 9.17) is 13.9 Å². The first kappa shape index (κ1) is 18.4. The highest BCUT2D eigenvalue weighted by atomic mass is 16.5. The van der Waals surface area contributed by atoms with Crippen LogP contribution >= 0.6 is 0 Å². The van der Waals surface area contributed by atoms with Gasteiger partial charge >= 0.3 is 5.91 Å². The first-order valence-electron chi connectivity index (χ1n) is 9.57. The molecule has 1 aromatic heterocycles. The van der Waals surface area contributed by atoms with Gasteiger partial charge in [-0.25, -0.2) is 0 Å². The van der Waals surface area contributed by atoms with Crippen molar-refractivity contribution >= 4 is 11.8 Å². The van der Waals surface area contributed by atoms with E-state index >= 15 is 0 Å². The number of hydrogen-bond acceptors (Lipinski definition) is 5. The Kier molecular flexibility index (Phi) is 5.48. The maximum absolute atomic E-state index is 12.3. The number of amides is 2. The van der Waals surface area contributed by atoms with E-state index < -0.39 is 5.91 Å². The summed E-state index contributed by atoms with van der Waals surface area (Å²) in [5.74, 6) is 0.986. The van der Waals surface area contributed by atoms with E-state index in [0.29, 0.717) is 13.2 Å². The Labute approximate surface area is 162 Å². The highest BCUT2D eigenvalue weighted by molar-refractivity contribution is 5.92. The molecule has 1 fully saturated rings. The number of quaternary nitrogens is 1. The van der Waals surface area contributed by atoms with Gasteiger partial charge in [0.2, 0.25) is 0 Å². The number of likely N-dealkylation sites (tertiary alicyclic amines) is 1. The first-order valence-corrected chi connectivity index (χ1v) is 9.57. The number of rotatable bonds is 4. The van der Waals surface area contributed by atoms with Crippen molar-refractivity contribution in [2.45, 2.75) is 25.3 Å². The Morgan fingerprint density at radius 3 is 2.75 bits per heavy atom. The summed E-state index contributed by atoms with van der Waals surface area (Å²) < 4.78 is 16.5. The summed E-state index contributed by atoms with van der Waals surface area (Å²) in [4.78, 5) is 25.3. The minimum Gasteiger partial charge on any atom is -0.490 e. The molecule has 0 saturated carbocycles. The Hall–Kier alpha value is -3.00. The van der Waals surface area contributed by atoms with Crippen molar-refractivity contribution in [2.24, 2.45) is 0 Å². The fraction of sp³-hybridized carbons (Fsp3) is 0.400. The number of nitrogens with one attached hydrogen (secondary N) is 3. The van der Waals surface area contributed by atoms with Gasteiger partial charge in [0.15, 0.2) is 23.8 Å². The third kappa shape index (κ3) is 4.12. The minimum absolute atomic E-state index is 0.152. The van der Waals surface area contributed by atoms with Crippen LogP contribution in [0.4, 0.5) is 0 Å². The Bertz CT molecular complexity index is 836. The van der Waals surface area contributed by atoms with Gasteiger partial charge in [-0.05, 0) is 30.3 Å². The number of hydrazine groups is 1. The molecular formula is C20H24N3O5+. The number of fused-ring (bicyclic) bond motifs is 1. The van der Waals surface area contributed by atoms with Gasteiger partial charge in [-0.3, -0.25) is 20.4 Å². The summed E-state index contributed by atoms with van der Waals surface area (Å²) >= 11 is 0. The van der Waals surface area contributed by atoms with Crippen LogP contribution in [0.3, 0.4) is 0 Å². The average molecular weight is 386 g/mol. The van der Waals surface area contributed by atoms with Gasteiger partial charge in [0.25, 0.3) is 5.91 Å². The topological polar surface area (TPSA) is 94.2 Å². The summed E-state index contributed by atoms with van der Waals surface area (Å²) in [5, 5.41) is 0. The molecule has 8 heteroatoms. The van der Waals surface area contributed by atoms with Gasteiger partial charge in [-0.2, -0.15) is 0 Å². The smallest absolute Gasteiger partial charge is 0.305 e. The number of furan rings is 1. The average Bonchev–Trinajstić information content (AvgIpc) is 3.34. The quantitative estimate of drug-likeness (QED) is 0.670. The molecule has 2 aromatic rings. The van der Waals surface area contributed by atoms with Crippen molar-refractivity contribution in [3.05, 3.63) is 47.9 Å². The van der Waals surface area contributed by atoms with Crippen molar-refractivity contribution in [3.8, 4) is 11.5 Å². The predicted octanol–water partition coefficient (Wildman–Crippen LogP) is 0.622. The second kappa shape index (κ2) is 8.35. The molecule has 2 amide bonds. The van der Waals surface area contributed by atoms with Crippen molar-refractivity contribution in [1.82, 2.24) is 10.9 Å². The molecule has 0 bridgehead atoms. The van der Waals surface area contributed by atoms with Gasteiger partial charge in [0.05, 0.1) is 26.0 Å². The lowest BCUT2D eigenvalue weighted by Crippen LogP contribution is -3.11. The Morgan fingerprint density at radius 1 is 1.07 bits per heavy atom. The van der Waals surface area contributed by atoms with Crippen LogP contribution in [0.2, 0.25) is 0 Å². The second-order valence-electron chi connectivity index (χ2n) is 7.02. The number of carbonyl (C=O) groups is 2. The lowest BCUT2D eigenvalue weighted by atomic mass is 10.0. The number of hydrogen-bond donors (Lipinski definition) is 3. The second-order valence-corrected chi connectivity index (χ2v) is 7.02. The normalized spacial score (nSPS) is 21.0.